The molecule has 20 heavy (non-hydrogen) atoms. The number of carbonyl (C=O) groups excluding carboxylic acids is 1. The predicted molar refractivity (Wildman–Crippen MR) is 80.6 cm³/mol. The van der Waals surface area contributed by atoms with Crippen LogP contribution in [0.15, 0.2) is 18.2 Å². The normalized spacial score (nSPS) is 11.1. The van der Waals surface area contributed by atoms with Crippen molar-refractivity contribution in [2.24, 2.45) is 0 Å². The fraction of sp³-hybridized carbons (Fsp3) is 0.500. The summed E-state index contributed by atoms with van der Waals surface area (Å²) in [5, 5.41) is 15.9. The van der Waals surface area contributed by atoms with Crippen LogP contribution in [0.3, 0.4) is 0 Å². The van der Waals surface area contributed by atoms with E-state index in [1.165, 1.54) is 7.11 Å². The number of methoxy groups -OCH3 is 1. The van der Waals surface area contributed by atoms with Crippen LogP contribution in [-0.4, -0.2) is 30.4 Å². The van der Waals surface area contributed by atoms with Gasteiger partial charge in [0.05, 0.1) is 18.4 Å². The molecule has 0 spiro atoms. The zero-order chi connectivity index (χ0) is 15.2. The lowest BCUT2D eigenvalue weighted by molar-refractivity contribution is 0.0354. The van der Waals surface area contributed by atoms with Crippen molar-refractivity contribution in [2.45, 2.75) is 32.3 Å². The van der Waals surface area contributed by atoms with Crippen LogP contribution >= 0.6 is 11.6 Å². The number of hydrogen-bond donors (Lipinski definition) is 3. The molecule has 0 aliphatic carbocycles. The van der Waals surface area contributed by atoms with Gasteiger partial charge in [-0.3, -0.25) is 0 Å². The summed E-state index contributed by atoms with van der Waals surface area (Å²) in [6, 6.07) is 4.54. The first-order valence-corrected chi connectivity index (χ1v) is 6.92. The van der Waals surface area contributed by atoms with Gasteiger partial charge in [-0.25, -0.2) is 4.79 Å². The summed E-state index contributed by atoms with van der Waals surface area (Å²) in [7, 11) is 1.51. The molecule has 0 aromatic heterocycles. The molecule has 5 nitrogen and oxygen atoms in total. The number of anilines is 1. The number of benzene rings is 1. The molecule has 0 bridgehead atoms. The zero-order valence-corrected chi connectivity index (χ0v) is 12.8. The van der Waals surface area contributed by atoms with Crippen LogP contribution in [0.5, 0.6) is 5.75 Å². The van der Waals surface area contributed by atoms with Crippen molar-refractivity contribution in [1.29, 1.82) is 0 Å². The molecule has 0 aliphatic heterocycles. The van der Waals surface area contributed by atoms with Gasteiger partial charge >= 0.3 is 6.03 Å². The molecule has 1 aromatic carbocycles. The van der Waals surface area contributed by atoms with Crippen molar-refractivity contribution in [3.8, 4) is 5.75 Å². The Kier molecular flexibility index (Phi) is 6.10. The Morgan fingerprint density at radius 2 is 2.05 bits per heavy atom. The highest BCUT2D eigenvalue weighted by atomic mass is 35.5. The minimum atomic E-state index is -0.879. The van der Waals surface area contributed by atoms with Crippen molar-refractivity contribution >= 4 is 23.3 Å². The quantitative estimate of drug-likeness (QED) is 0.756. The van der Waals surface area contributed by atoms with Crippen LogP contribution in [0.25, 0.3) is 0 Å². The van der Waals surface area contributed by atoms with Gasteiger partial charge < -0.3 is 20.5 Å². The Balaban J connectivity index is 2.65. The first-order chi connectivity index (χ1) is 9.44. The number of amides is 2. The number of ether oxygens (including phenoxy) is 1. The van der Waals surface area contributed by atoms with E-state index in [1.807, 2.05) is 13.8 Å². The summed E-state index contributed by atoms with van der Waals surface area (Å²) >= 11 is 5.88. The molecular weight excluding hydrogens is 280 g/mol. The topological polar surface area (TPSA) is 70.6 Å². The Morgan fingerprint density at radius 3 is 2.60 bits per heavy atom. The lowest BCUT2D eigenvalue weighted by atomic mass is 9.98. The summed E-state index contributed by atoms with van der Waals surface area (Å²) in [5.74, 6) is 0.519. The average Bonchev–Trinajstić information content (AvgIpc) is 2.45. The van der Waals surface area contributed by atoms with E-state index in [0.717, 1.165) is 0 Å². The van der Waals surface area contributed by atoms with Gasteiger partial charge in [0, 0.05) is 11.6 Å². The highest BCUT2D eigenvalue weighted by Gasteiger charge is 2.22. The summed E-state index contributed by atoms with van der Waals surface area (Å²) in [5.41, 5.74) is -0.399. The van der Waals surface area contributed by atoms with Crippen LogP contribution in [0.2, 0.25) is 5.02 Å². The fourth-order valence-electron chi connectivity index (χ4n) is 1.69. The molecule has 0 radical (unpaired) electrons. The van der Waals surface area contributed by atoms with Gasteiger partial charge in [0.15, 0.2) is 0 Å². The molecular formula is C14H21ClN2O3. The van der Waals surface area contributed by atoms with Gasteiger partial charge in [0.25, 0.3) is 0 Å². The van der Waals surface area contributed by atoms with E-state index in [4.69, 9.17) is 16.3 Å². The molecule has 0 unspecified atom stereocenters. The molecule has 1 aromatic rings. The van der Waals surface area contributed by atoms with E-state index in [0.29, 0.717) is 29.3 Å². The Morgan fingerprint density at radius 1 is 1.40 bits per heavy atom. The van der Waals surface area contributed by atoms with Crippen molar-refractivity contribution in [1.82, 2.24) is 5.32 Å². The second-order valence-electron chi connectivity index (χ2n) is 4.58. The highest BCUT2D eigenvalue weighted by molar-refractivity contribution is 6.31. The van der Waals surface area contributed by atoms with Gasteiger partial charge in [-0.2, -0.15) is 0 Å². The highest BCUT2D eigenvalue weighted by Crippen LogP contribution is 2.27. The second-order valence-corrected chi connectivity index (χ2v) is 5.02. The Labute approximate surface area is 124 Å². The number of halogens is 1. The lowest BCUT2D eigenvalue weighted by Crippen LogP contribution is -2.43. The first-order valence-electron chi connectivity index (χ1n) is 6.55. The van der Waals surface area contributed by atoms with Crippen LogP contribution in [0, 0.1) is 0 Å². The van der Waals surface area contributed by atoms with E-state index < -0.39 is 11.6 Å². The van der Waals surface area contributed by atoms with Crippen LogP contribution in [0.4, 0.5) is 10.5 Å². The van der Waals surface area contributed by atoms with E-state index in [1.54, 1.807) is 18.2 Å². The summed E-state index contributed by atoms with van der Waals surface area (Å²) in [4.78, 5) is 11.8. The maximum atomic E-state index is 11.8. The third-order valence-electron chi connectivity index (χ3n) is 3.30. The molecule has 0 saturated heterocycles. The van der Waals surface area contributed by atoms with E-state index in [2.05, 4.69) is 10.6 Å². The number of urea groups is 1. The molecule has 0 fully saturated rings. The summed E-state index contributed by atoms with van der Waals surface area (Å²) < 4.78 is 5.14. The lowest BCUT2D eigenvalue weighted by Gasteiger charge is -2.25. The minimum Gasteiger partial charge on any atom is -0.495 e. The second kappa shape index (κ2) is 7.36. The van der Waals surface area contributed by atoms with E-state index >= 15 is 0 Å². The number of nitrogens with one attached hydrogen (secondary N) is 2. The van der Waals surface area contributed by atoms with Crippen molar-refractivity contribution in [3.63, 3.8) is 0 Å². The number of aliphatic hydroxyl groups is 1. The summed E-state index contributed by atoms with van der Waals surface area (Å²) in [6.45, 7) is 3.95. The molecule has 112 valence electrons. The van der Waals surface area contributed by atoms with Crippen LogP contribution < -0.4 is 15.4 Å². The minimum absolute atomic E-state index is 0.189. The molecule has 1 rings (SSSR count). The number of hydrogen-bond acceptors (Lipinski definition) is 3. The Hall–Kier alpha value is -1.46. The van der Waals surface area contributed by atoms with Gasteiger partial charge in [-0.15, -0.1) is 0 Å². The van der Waals surface area contributed by atoms with Gasteiger partial charge in [0.1, 0.15) is 5.75 Å². The molecule has 6 heteroatoms. The molecule has 0 heterocycles. The SMILES string of the molecule is CCC(O)(CC)CNC(=O)Nc1cc(Cl)ccc1OC. The zero-order valence-electron chi connectivity index (χ0n) is 12.0. The largest absolute Gasteiger partial charge is 0.495 e. The maximum absolute atomic E-state index is 11.8. The van der Waals surface area contributed by atoms with Gasteiger partial charge in [0.2, 0.25) is 0 Å². The third-order valence-corrected chi connectivity index (χ3v) is 3.54. The smallest absolute Gasteiger partial charge is 0.319 e. The Bertz CT molecular complexity index is 462. The molecule has 0 aliphatic rings. The van der Waals surface area contributed by atoms with Crippen molar-refractivity contribution < 1.29 is 14.6 Å². The van der Waals surface area contributed by atoms with E-state index in [9.17, 15) is 9.90 Å². The third kappa shape index (κ3) is 4.58. The molecule has 0 saturated carbocycles. The summed E-state index contributed by atoms with van der Waals surface area (Å²) in [6.07, 6.45) is 1.15. The monoisotopic (exact) mass is 300 g/mol. The van der Waals surface area contributed by atoms with Crippen LogP contribution in [-0.2, 0) is 0 Å². The standard InChI is InChI=1S/C14H21ClN2O3/c1-4-14(19,5-2)9-16-13(18)17-11-8-10(15)6-7-12(11)20-3/h6-8,19H,4-5,9H2,1-3H3,(H2,16,17,18). The van der Waals surface area contributed by atoms with E-state index in [-0.39, 0.29) is 6.54 Å². The van der Waals surface area contributed by atoms with Crippen molar-refractivity contribution in [3.05, 3.63) is 23.2 Å². The maximum Gasteiger partial charge on any atom is 0.319 e. The number of carbonyl (C=O) groups is 1. The molecule has 3 N–H and O–H groups in total. The first kappa shape index (κ1) is 16.6. The van der Waals surface area contributed by atoms with Gasteiger partial charge in [-0.05, 0) is 31.0 Å². The van der Waals surface area contributed by atoms with Crippen LogP contribution in [0.1, 0.15) is 26.7 Å². The van der Waals surface area contributed by atoms with Crippen molar-refractivity contribution in [2.75, 3.05) is 19.0 Å². The molecule has 2 amide bonds. The average molecular weight is 301 g/mol. The fourth-order valence-corrected chi connectivity index (χ4v) is 1.86. The number of rotatable bonds is 6. The van der Waals surface area contributed by atoms with Gasteiger partial charge in [-0.1, -0.05) is 25.4 Å². The predicted octanol–water partition coefficient (Wildman–Crippen LogP) is 3.02. The molecule has 0 atom stereocenters.